The second-order valence-corrected chi connectivity index (χ2v) is 15.0. The lowest BCUT2D eigenvalue weighted by molar-refractivity contribution is -0.145. The van der Waals surface area contributed by atoms with E-state index in [0.29, 0.717) is 48.2 Å². The molecule has 0 aliphatic heterocycles. The molecule has 3 amide bonds. The Balaban J connectivity index is 1.51. The highest BCUT2D eigenvalue weighted by Crippen LogP contribution is 2.32. The average Bonchev–Trinajstić information content (AvgIpc) is 3.55. The first kappa shape index (κ1) is 39.8. The van der Waals surface area contributed by atoms with Crippen LogP contribution in [0, 0.1) is 11.8 Å². The van der Waals surface area contributed by atoms with Crippen LogP contribution in [0.25, 0.3) is 0 Å². The van der Waals surface area contributed by atoms with Crippen molar-refractivity contribution in [3.8, 4) is 0 Å². The van der Waals surface area contributed by atoms with Crippen LogP contribution in [-0.2, 0) is 33.9 Å². The van der Waals surface area contributed by atoms with Crippen molar-refractivity contribution in [1.29, 1.82) is 0 Å². The Morgan fingerprint density at radius 2 is 1.57 bits per heavy atom. The molecule has 1 aliphatic rings. The molecule has 51 heavy (non-hydrogen) atoms. The summed E-state index contributed by atoms with van der Waals surface area (Å²) < 4.78 is 0. The fourth-order valence-corrected chi connectivity index (χ4v) is 7.28. The number of rotatable bonds is 19. The third kappa shape index (κ3) is 13.0. The lowest BCUT2D eigenvalue weighted by atomic mass is 9.81. The molecule has 1 aliphatic carbocycles. The van der Waals surface area contributed by atoms with Crippen LogP contribution in [0.5, 0.6) is 0 Å². The maximum absolute atomic E-state index is 14.2. The number of amides is 3. The minimum absolute atomic E-state index is 0.0980. The summed E-state index contributed by atoms with van der Waals surface area (Å²) in [6.45, 7) is 4.44. The highest BCUT2D eigenvalue weighted by molar-refractivity contribution is 7.13. The summed E-state index contributed by atoms with van der Waals surface area (Å²) in [5.41, 5.74) is 8.03. The second-order valence-electron chi connectivity index (χ2n) is 14.2. The molecule has 1 fully saturated rings. The molecule has 4 N–H and O–H groups in total. The molecule has 0 spiro atoms. The SMILES string of the molecule is CC(C)C[C@H](O)[C@H](O)[C@H](CC1CCCCC1)N(Cc1csc(N)n1)C(=O)CCC(=O)N(CC(=O)N(C)CCc1ccccn1)Cc1ccccn1. The smallest absolute Gasteiger partial charge is 0.241 e. The molecule has 3 heterocycles. The predicted molar refractivity (Wildman–Crippen MR) is 198 cm³/mol. The van der Waals surface area contributed by atoms with Gasteiger partial charge in [-0.2, -0.15) is 0 Å². The number of carbonyl (C=O) groups is 3. The first-order valence-electron chi connectivity index (χ1n) is 18.2. The Kier molecular flexibility index (Phi) is 15.8. The van der Waals surface area contributed by atoms with Crippen molar-refractivity contribution in [2.75, 3.05) is 25.9 Å². The van der Waals surface area contributed by atoms with Crippen molar-refractivity contribution in [2.45, 2.75) is 109 Å². The van der Waals surface area contributed by atoms with E-state index in [2.05, 4.69) is 15.0 Å². The Morgan fingerprint density at radius 3 is 2.18 bits per heavy atom. The second kappa shape index (κ2) is 20.2. The van der Waals surface area contributed by atoms with Gasteiger partial charge in [-0.1, -0.05) is 58.1 Å². The molecule has 4 rings (SSSR count). The maximum Gasteiger partial charge on any atom is 0.241 e. The fraction of sp³-hybridized carbons (Fsp3) is 0.579. The summed E-state index contributed by atoms with van der Waals surface area (Å²) >= 11 is 1.27. The number of thiazole rings is 1. The minimum Gasteiger partial charge on any atom is -0.390 e. The van der Waals surface area contributed by atoms with Gasteiger partial charge in [0.1, 0.15) is 12.6 Å². The number of likely N-dealkylation sites (N-methyl/N-ethyl adjacent to an activating group) is 1. The van der Waals surface area contributed by atoms with Crippen LogP contribution in [0.2, 0.25) is 0 Å². The molecule has 0 bridgehead atoms. The van der Waals surface area contributed by atoms with Crippen LogP contribution in [0.1, 0.15) is 88.7 Å². The minimum atomic E-state index is -1.18. The largest absolute Gasteiger partial charge is 0.390 e. The lowest BCUT2D eigenvalue weighted by Gasteiger charge is -2.39. The fourth-order valence-electron chi connectivity index (χ4n) is 6.73. The molecule has 3 atom stereocenters. The number of pyridine rings is 2. The van der Waals surface area contributed by atoms with E-state index in [0.717, 1.165) is 31.4 Å². The van der Waals surface area contributed by atoms with Crippen molar-refractivity contribution < 1.29 is 24.6 Å². The number of aromatic nitrogens is 3. The van der Waals surface area contributed by atoms with Gasteiger partial charge >= 0.3 is 0 Å². The molecular formula is C38H55N7O5S. The van der Waals surface area contributed by atoms with Crippen LogP contribution < -0.4 is 5.73 Å². The van der Waals surface area contributed by atoms with Crippen LogP contribution in [-0.4, -0.2) is 96.0 Å². The van der Waals surface area contributed by atoms with Gasteiger partial charge in [-0.15, -0.1) is 11.3 Å². The van der Waals surface area contributed by atoms with E-state index >= 15 is 0 Å². The molecule has 1 saturated carbocycles. The van der Waals surface area contributed by atoms with Crippen molar-refractivity contribution in [1.82, 2.24) is 29.7 Å². The zero-order valence-corrected chi connectivity index (χ0v) is 31.1. The van der Waals surface area contributed by atoms with Crippen LogP contribution in [0.3, 0.4) is 0 Å². The van der Waals surface area contributed by atoms with E-state index in [1.165, 1.54) is 22.7 Å². The average molecular weight is 722 g/mol. The quantitative estimate of drug-likeness (QED) is 0.162. The number of nitrogen functional groups attached to an aromatic ring is 1. The van der Waals surface area contributed by atoms with Gasteiger partial charge in [0.25, 0.3) is 0 Å². The van der Waals surface area contributed by atoms with Gasteiger partial charge in [-0.05, 0) is 48.9 Å². The number of aliphatic hydroxyl groups is 2. The molecule has 0 radical (unpaired) electrons. The van der Waals surface area contributed by atoms with Crippen molar-refractivity contribution >= 4 is 34.2 Å². The Bertz CT molecular complexity index is 1500. The summed E-state index contributed by atoms with van der Waals surface area (Å²) in [6, 6.07) is 10.4. The zero-order valence-electron chi connectivity index (χ0n) is 30.3. The Morgan fingerprint density at radius 1 is 0.902 bits per heavy atom. The zero-order chi connectivity index (χ0) is 36.8. The van der Waals surface area contributed by atoms with Gasteiger partial charge in [0.05, 0.1) is 36.6 Å². The third-order valence-corrected chi connectivity index (χ3v) is 10.3. The Labute approximate surface area is 306 Å². The molecule has 278 valence electrons. The van der Waals surface area contributed by atoms with Gasteiger partial charge < -0.3 is 30.6 Å². The molecular weight excluding hydrogens is 667 g/mol. The van der Waals surface area contributed by atoms with Crippen LogP contribution in [0.15, 0.2) is 54.2 Å². The number of aliphatic hydroxyl groups excluding tert-OH is 2. The van der Waals surface area contributed by atoms with E-state index in [1.807, 2.05) is 38.1 Å². The van der Waals surface area contributed by atoms with E-state index in [-0.39, 0.29) is 56.1 Å². The maximum atomic E-state index is 14.2. The van der Waals surface area contributed by atoms with E-state index < -0.39 is 18.2 Å². The molecule has 0 unspecified atom stereocenters. The number of nitrogens with two attached hydrogens (primary N) is 1. The predicted octanol–water partition coefficient (Wildman–Crippen LogP) is 4.46. The Hall–Kier alpha value is -3.94. The van der Waals surface area contributed by atoms with E-state index in [9.17, 15) is 24.6 Å². The van der Waals surface area contributed by atoms with Crippen LogP contribution in [0.4, 0.5) is 5.13 Å². The summed E-state index contributed by atoms with van der Waals surface area (Å²) in [5.74, 6) is -0.478. The van der Waals surface area contributed by atoms with Gasteiger partial charge in [0.2, 0.25) is 17.7 Å². The van der Waals surface area contributed by atoms with Crippen molar-refractivity contribution in [2.24, 2.45) is 11.8 Å². The van der Waals surface area contributed by atoms with Gasteiger partial charge in [-0.25, -0.2) is 4.98 Å². The molecule has 3 aromatic rings. The molecule has 12 nitrogen and oxygen atoms in total. The number of carbonyl (C=O) groups excluding carboxylic acids is 3. The molecule has 0 saturated heterocycles. The van der Waals surface area contributed by atoms with Gasteiger partial charge in [0, 0.05) is 56.3 Å². The summed E-state index contributed by atoms with van der Waals surface area (Å²) in [7, 11) is 1.70. The van der Waals surface area contributed by atoms with Crippen molar-refractivity contribution in [3.63, 3.8) is 0 Å². The monoisotopic (exact) mass is 721 g/mol. The highest BCUT2D eigenvalue weighted by Gasteiger charge is 2.37. The lowest BCUT2D eigenvalue weighted by Crippen LogP contribution is -2.52. The van der Waals surface area contributed by atoms with E-state index in [1.54, 1.807) is 46.8 Å². The molecule has 3 aromatic heterocycles. The first-order valence-corrected chi connectivity index (χ1v) is 19.0. The van der Waals surface area contributed by atoms with Gasteiger partial charge in [0.15, 0.2) is 5.13 Å². The molecule has 0 aromatic carbocycles. The highest BCUT2D eigenvalue weighted by atomic mass is 32.1. The first-order chi connectivity index (χ1) is 24.5. The third-order valence-electron chi connectivity index (χ3n) is 9.59. The summed E-state index contributed by atoms with van der Waals surface area (Å²) in [6.07, 6.45) is 7.72. The topological polar surface area (TPSA) is 166 Å². The number of nitrogens with zero attached hydrogens (tertiary/aromatic N) is 6. The number of hydrogen-bond acceptors (Lipinski definition) is 10. The van der Waals surface area contributed by atoms with Crippen molar-refractivity contribution in [3.05, 3.63) is 71.3 Å². The summed E-state index contributed by atoms with van der Waals surface area (Å²) in [4.78, 5) is 59.2. The molecule has 13 heteroatoms. The summed E-state index contributed by atoms with van der Waals surface area (Å²) in [5, 5.41) is 24.9. The normalized spacial score (nSPS) is 15.3. The standard InChI is InChI=1S/C38H55N7O5S/c1-27(2)21-33(46)37(50)32(22-28-11-5-4-6-12-28)45(24-31-26-51-38(39)42-31)35(48)16-15-34(47)44(23-30-14-8-10-19-41-30)25-36(49)43(3)20-17-29-13-7-9-18-40-29/h7-10,13-14,18-19,26-28,32-33,37,46,50H,4-6,11-12,15-17,20-25H2,1-3H3,(H2,39,42)/t32-,33-,37+/m0/s1. The number of hydrogen-bond donors (Lipinski definition) is 3. The number of anilines is 1. The van der Waals surface area contributed by atoms with Crippen LogP contribution >= 0.6 is 11.3 Å². The van der Waals surface area contributed by atoms with Gasteiger partial charge in [-0.3, -0.25) is 24.4 Å². The van der Waals surface area contributed by atoms with E-state index in [4.69, 9.17) is 5.73 Å².